The molecule has 1 saturated heterocycles. The maximum atomic E-state index is 12.9. The second kappa shape index (κ2) is 8.55. The van der Waals surface area contributed by atoms with Gasteiger partial charge < -0.3 is 15.0 Å². The van der Waals surface area contributed by atoms with E-state index in [1.807, 2.05) is 24.3 Å². The van der Waals surface area contributed by atoms with E-state index in [1.165, 1.54) is 17.0 Å². The second-order valence-electron chi connectivity index (χ2n) is 6.77. The van der Waals surface area contributed by atoms with Crippen LogP contribution in [0.15, 0.2) is 48.5 Å². The Bertz CT molecular complexity index is 881. The van der Waals surface area contributed by atoms with Gasteiger partial charge in [0.15, 0.2) is 0 Å². The Kier molecular flexibility index (Phi) is 6.10. The van der Waals surface area contributed by atoms with Gasteiger partial charge in [0.1, 0.15) is 11.7 Å². The summed E-state index contributed by atoms with van der Waals surface area (Å²) < 4.78 is 43.8. The first-order chi connectivity index (χ1) is 13.8. The number of carbonyl (C=O) groups is 2. The van der Waals surface area contributed by atoms with E-state index in [0.717, 1.165) is 23.4 Å². The van der Waals surface area contributed by atoms with E-state index in [0.29, 0.717) is 13.0 Å². The number of alkyl halides is 3. The van der Waals surface area contributed by atoms with E-state index >= 15 is 0 Å². The molecule has 2 amide bonds. The lowest BCUT2D eigenvalue weighted by Crippen LogP contribution is -2.37. The molecule has 0 spiro atoms. The molecule has 1 fully saturated rings. The predicted octanol–water partition coefficient (Wildman–Crippen LogP) is 3.43. The van der Waals surface area contributed by atoms with Crippen molar-refractivity contribution < 1.29 is 27.5 Å². The fourth-order valence-corrected chi connectivity index (χ4v) is 3.28. The van der Waals surface area contributed by atoms with Crippen molar-refractivity contribution in [3.8, 4) is 5.75 Å². The van der Waals surface area contributed by atoms with E-state index in [9.17, 15) is 22.8 Å². The summed E-state index contributed by atoms with van der Waals surface area (Å²) in [6, 6.07) is 12.0. The van der Waals surface area contributed by atoms with Crippen molar-refractivity contribution in [2.45, 2.75) is 19.0 Å². The number of methoxy groups -OCH3 is 1. The summed E-state index contributed by atoms with van der Waals surface area (Å²) in [6.45, 7) is 0.565. The maximum absolute atomic E-state index is 12.9. The molecule has 1 aliphatic heterocycles. The van der Waals surface area contributed by atoms with Crippen LogP contribution in [0.2, 0.25) is 0 Å². The van der Waals surface area contributed by atoms with Crippen molar-refractivity contribution in [3.63, 3.8) is 0 Å². The Labute approximate surface area is 166 Å². The number of benzene rings is 2. The largest absolute Gasteiger partial charge is 0.497 e. The molecule has 154 valence electrons. The third-order valence-corrected chi connectivity index (χ3v) is 4.88. The molecular weight excluding hydrogens is 385 g/mol. The van der Waals surface area contributed by atoms with E-state index in [2.05, 4.69) is 5.32 Å². The molecule has 1 aliphatic rings. The van der Waals surface area contributed by atoms with Gasteiger partial charge in [-0.2, -0.15) is 13.2 Å². The van der Waals surface area contributed by atoms with E-state index in [1.54, 1.807) is 7.11 Å². The van der Waals surface area contributed by atoms with Gasteiger partial charge in [0, 0.05) is 18.8 Å². The van der Waals surface area contributed by atoms with Gasteiger partial charge in [0.2, 0.25) is 11.8 Å². The Morgan fingerprint density at radius 3 is 2.59 bits per heavy atom. The van der Waals surface area contributed by atoms with E-state index in [-0.39, 0.29) is 18.7 Å². The lowest BCUT2D eigenvalue weighted by molar-refractivity contribution is -0.138. The summed E-state index contributed by atoms with van der Waals surface area (Å²) in [4.78, 5) is 26.2. The average Bonchev–Trinajstić information content (AvgIpc) is 3.09. The molecule has 0 saturated carbocycles. The van der Waals surface area contributed by atoms with Gasteiger partial charge in [-0.1, -0.05) is 18.2 Å². The molecule has 0 aliphatic carbocycles. The van der Waals surface area contributed by atoms with Crippen LogP contribution in [0.1, 0.15) is 17.5 Å². The van der Waals surface area contributed by atoms with Crippen LogP contribution in [0.4, 0.5) is 18.9 Å². The molecule has 0 bridgehead atoms. The smallest absolute Gasteiger partial charge is 0.416 e. The maximum Gasteiger partial charge on any atom is 0.416 e. The number of halogens is 3. The fourth-order valence-electron chi connectivity index (χ4n) is 3.28. The minimum atomic E-state index is -4.49. The van der Waals surface area contributed by atoms with E-state index < -0.39 is 29.5 Å². The van der Waals surface area contributed by atoms with Crippen LogP contribution in [0, 0.1) is 5.92 Å². The summed E-state index contributed by atoms with van der Waals surface area (Å²) in [6.07, 6.45) is -3.63. The molecule has 8 heteroatoms. The van der Waals surface area contributed by atoms with Gasteiger partial charge in [0.05, 0.1) is 12.7 Å². The summed E-state index contributed by atoms with van der Waals surface area (Å²) in [5.74, 6) is -1.03. The highest BCUT2D eigenvalue weighted by atomic mass is 19.4. The average molecular weight is 406 g/mol. The van der Waals surface area contributed by atoms with Gasteiger partial charge in [-0.3, -0.25) is 9.59 Å². The zero-order valence-electron chi connectivity index (χ0n) is 15.8. The van der Waals surface area contributed by atoms with Crippen LogP contribution in [-0.4, -0.2) is 32.0 Å². The molecule has 1 N–H and O–H groups in total. The van der Waals surface area contributed by atoms with Crippen molar-refractivity contribution >= 4 is 17.5 Å². The summed E-state index contributed by atoms with van der Waals surface area (Å²) >= 11 is 0. The number of rotatable bonds is 6. The molecule has 1 heterocycles. The van der Waals surface area contributed by atoms with Crippen LogP contribution in [0.5, 0.6) is 5.75 Å². The van der Waals surface area contributed by atoms with Crippen LogP contribution in [0.3, 0.4) is 0 Å². The Hall–Kier alpha value is -3.03. The van der Waals surface area contributed by atoms with Gasteiger partial charge in [0.25, 0.3) is 0 Å². The van der Waals surface area contributed by atoms with Crippen molar-refractivity contribution in [2.75, 3.05) is 25.1 Å². The van der Waals surface area contributed by atoms with Gasteiger partial charge in [-0.05, 0) is 48.7 Å². The zero-order valence-corrected chi connectivity index (χ0v) is 15.8. The number of nitrogens with zero attached hydrogens (tertiary/aromatic N) is 1. The van der Waals surface area contributed by atoms with E-state index in [4.69, 9.17) is 4.74 Å². The molecule has 29 heavy (non-hydrogen) atoms. The fraction of sp³-hybridized carbons (Fsp3) is 0.333. The molecular formula is C21H21F3N2O3. The highest BCUT2D eigenvalue weighted by Crippen LogP contribution is 2.33. The van der Waals surface area contributed by atoms with Gasteiger partial charge >= 0.3 is 6.18 Å². The topological polar surface area (TPSA) is 58.6 Å². The second-order valence-corrected chi connectivity index (χ2v) is 6.77. The van der Waals surface area contributed by atoms with Crippen molar-refractivity contribution in [1.29, 1.82) is 0 Å². The number of hydrogen-bond acceptors (Lipinski definition) is 3. The van der Waals surface area contributed by atoms with Gasteiger partial charge in [-0.15, -0.1) is 0 Å². The van der Waals surface area contributed by atoms with Crippen molar-refractivity contribution in [1.82, 2.24) is 5.32 Å². The zero-order chi connectivity index (χ0) is 21.0. The van der Waals surface area contributed by atoms with Crippen LogP contribution in [-0.2, 0) is 22.2 Å². The SMILES string of the molecule is COc1ccc(CCNC(=O)C2CCN(c3cccc(C(F)(F)F)c3)C2=O)cc1. The first-order valence-corrected chi connectivity index (χ1v) is 9.19. The standard InChI is InChI=1S/C21H21F3N2O3/c1-29-17-7-5-14(6-8-17)9-11-25-19(27)18-10-12-26(20(18)28)16-4-2-3-15(13-16)21(22,23)24/h2-8,13,18H,9-12H2,1H3,(H,25,27). The minimum Gasteiger partial charge on any atom is -0.497 e. The molecule has 0 aromatic heterocycles. The Balaban J connectivity index is 1.57. The third kappa shape index (κ3) is 4.88. The number of hydrogen-bond donors (Lipinski definition) is 1. The monoisotopic (exact) mass is 406 g/mol. The normalized spacial score (nSPS) is 16.8. The first kappa shape index (κ1) is 20.7. The number of ether oxygens (including phenoxy) is 1. The van der Waals surface area contributed by atoms with Crippen LogP contribution in [0.25, 0.3) is 0 Å². The molecule has 1 atom stereocenters. The number of anilines is 1. The predicted molar refractivity (Wildman–Crippen MR) is 102 cm³/mol. The molecule has 1 unspecified atom stereocenters. The summed E-state index contributed by atoms with van der Waals surface area (Å²) in [5, 5.41) is 2.74. The molecule has 3 rings (SSSR count). The van der Waals surface area contributed by atoms with Crippen LogP contribution < -0.4 is 15.0 Å². The van der Waals surface area contributed by atoms with Gasteiger partial charge in [-0.25, -0.2) is 0 Å². The number of nitrogens with one attached hydrogen (secondary N) is 1. The quantitative estimate of drug-likeness (QED) is 0.748. The third-order valence-electron chi connectivity index (χ3n) is 4.88. The lowest BCUT2D eigenvalue weighted by Gasteiger charge is -2.18. The van der Waals surface area contributed by atoms with Crippen LogP contribution >= 0.6 is 0 Å². The lowest BCUT2D eigenvalue weighted by atomic mass is 10.1. The number of carbonyl (C=O) groups excluding carboxylic acids is 2. The van der Waals surface area contributed by atoms with Crippen molar-refractivity contribution in [2.24, 2.45) is 5.92 Å². The van der Waals surface area contributed by atoms with Crippen molar-refractivity contribution in [3.05, 3.63) is 59.7 Å². The molecule has 2 aromatic rings. The molecule has 0 radical (unpaired) electrons. The summed E-state index contributed by atoms with van der Waals surface area (Å²) in [5.41, 5.74) is 0.336. The number of amides is 2. The highest BCUT2D eigenvalue weighted by Gasteiger charge is 2.38. The Morgan fingerprint density at radius 2 is 1.93 bits per heavy atom. The highest BCUT2D eigenvalue weighted by molar-refractivity contribution is 6.09. The summed E-state index contributed by atoms with van der Waals surface area (Å²) in [7, 11) is 1.58. The molecule has 2 aromatic carbocycles. The Morgan fingerprint density at radius 1 is 1.21 bits per heavy atom. The molecule has 5 nitrogen and oxygen atoms in total. The first-order valence-electron chi connectivity index (χ1n) is 9.19. The minimum absolute atomic E-state index is 0.151.